The van der Waals surface area contributed by atoms with Crippen molar-refractivity contribution in [2.45, 2.75) is 32.9 Å². The minimum Gasteiger partial charge on any atom is -0.508 e. The number of anilines is 2. The Labute approximate surface area is 217 Å². The molecule has 38 heavy (non-hydrogen) atoms. The topological polar surface area (TPSA) is 114 Å². The quantitative estimate of drug-likeness (QED) is 0.404. The third kappa shape index (κ3) is 4.28. The molecule has 1 fully saturated rings. The van der Waals surface area contributed by atoms with Gasteiger partial charge in [0.2, 0.25) is 5.89 Å². The second-order valence-corrected chi connectivity index (χ2v) is 9.15. The normalized spacial score (nSPS) is 15.7. The SMILES string of the molecule is CCc1c(F)ccc2cc(O)cc(N3Cc4nc(OCc5ncco5)nc(N5CCCOCC5)c4C3=O)c12. The summed E-state index contributed by atoms with van der Waals surface area (Å²) in [6, 6.07) is 6.16. The maximum atomic E-state index is 14.8. The van der Waals surface area contributed by atoms with E-state index in [4.69, 9.17) is 13.9 Å². The molecule has 2 aliphatic rings. The molecule has 0 unspecified atom stereocenters. The highest BCUT2D eigenvalue weighted by Crippen LogP contribution is 2.41. The van der Waals surface area contributed by atoms with Crippen LogP contribution in [0.4, 0.5) is 15.9 Å². The minimum atomic E-state index is -0.358. The molecule has 1 saturated heterocycles. The molecule has 0 atom stereocenters. The molecule has 2 aromatic carbocycles. The molecule has 0 saturated carbocycles. The number of aromatic nitrogens is 3. The number of ether oxygens (including phenoxy) is 2. The van der Waals surface area contributed by atoms with Crippen LogP contribution in [0, 0.1) is 5.82 Å². The number of hydrogen-bond acceptors (Lipinski definition) is 9. The van der Waals surface area contributed by atoms with E-state index in [2.05, 4.69) is 15.0 Å². The molecule has 196 valence electrons. The van der Waals surface area contributed by atoms with E-state index in [9.17, 15) is 14.3 Å². The van der Waals surface area contributed by atoms with Crippen molar-refractivity contribution in [1.82, 2.24) is 15.0 Å². The average molecular weight is 520 g/mol. The van der Waals surface area contributed by atoms with Gasteiger partial charge in [0, 0.05) is 31.1 Å². The highest BCUT2D eigenvalue weighted by atomic mass is 19.1. The summed E-state index contributed by atoms with van der Waals surface area (Å²) in [6.07, 6.45) is 4.18. The zero-order valence-corrected chi connectivity index (χ0v) is 20.8. The molecule has 2 aliphatic heterocycles. The number of halogens is 1. The monoisotopic (exact) mass is 519 g/mol. The lowest BCUT2D eigenvalue weighted by Crippen LogP contribution is -2.30. The van der Waals surface area contributed by atoms with E-state index in [-0.39, 0.29) is 36.6 Å². The van der Waals surface area contributed by atoms with Crippen LogP contribution in [-0.2, 0) is 24.3 Å². The van der Waals surface area contributed by atoms with E-state index >= 15 is 0 Å². The van der Waals surface area contributed by atoms with Gasteiger partial charge in [-0.05, 0) is 35.9 Å². The van der Waals surface area contributed by atoms with Crippen LogP contribution in [0.2, 0.25) is 0 Å². The van der Waals surface area contributed by atoms with Crippen molar-refractivity contribution in [3.05, 3.63) is 65.3 Å². The van der Waals surface area contributed by atoms with E-state index < -0.39 is 0 Å². The van der Waals surface area contributed by atoms with Gasteiger partial charge in [-0.2, -0.15) is 9.97 Å². The summed E-state index contributed by atoms with van der Waals surface area (Å²) < 4.78 is 31.5. The fourth-order valence-electron chi connectivity index (χ4n) is 5.09. The molecule has 0 bridgehead atoms. The van der Waals surface area contributed by atoms with Crippen LogP contribution in [0.3, 0.4) is 0 Å². The predicted molar refractivity (Wildman–Crippen MR) is 136 cm³/mol. The predicted octanol–water partition coefficient (Wildman–Crippen LogP) is 3.99. The van der Waals surface area contributed by atoms with E-state index in [0.717, 1.165) is 6.42 Å². The molecule has 0 spiro atoms. The first-order chi connectivity index (χ1) is 18.5. The summed E-state index contributed by atoms with van der Waals surface area (Å²) in [5, 5.41) is 11.7. The smallest absolute Gasteiger partial charge is 0.319 e. The molecule has 11 heteroatoms. The zero-order valence-electron chi connectivity index (χ0n) is 20.8. The Morgan fingerprint density at radius 3 is 2.89 bits per heavy atom. The van der Waals surface area contributed by atoms with Gasteiger partial charge in [0.15, 0.2) is 6.61 Å². The number of carbonyl (C=O) groups is 1. The summed E-state index contributed by atoms with van der Waals surface area (Å²) >= 11 is 0. The molecule has 2 aromatic heterocycles. The number of aromatic hydroxyl groups is 1. The van der Waals surface area contributed by atoms with Gasteiger partial charge in [-0.3, -0.25) is 4.79 Å². The maximum absolute atomic E-state index is 14.8. The largest absolute Gasteiger partial charge is 0.508 e. The number of benzene rings is 2. The fraction of sp³-hybridized carbons (Fsp3) is 0.333. The lowest BCUT2D eigenvalue weighted by Gasteiger charge is -2.23. The Hall–Kier alpha value is -4.25. The number of phenolic OH excluding ortho intramolecular Hbond substituents is 1. The highest BCUT2D eigenvalue weighted by Gasteiger charge is 2.37. The Bertz CT molecular complexity index is 1500. The average Bonchev–Trinajstić information content (AvgIpc) is 3.45. The van der Waals surface area contributed by atoms with Gasteiger partial charge in [0.05, 0.1) is 30.7 Å². The lowest BCUT2D eigenvalue weighted by molar-refractivity contribution is 0.0997. The van der Waals surface area contributed by atoms with Crippen LogP contribution in [0.25, 0.3) is 10.8 Å². The Balaban J connectivity index is 1.45. The van der Waals surface area contributed by atoms with Gasteiger partial charge in [0.25, 0.3) is 5.91 Å². The molecular formula is C27H26FN5O5. The van der Waals surface area contributed by atoms with Crippen molar-refractivity contribution in [2.24, 2.45) is 0 Å². The second kappa shape index (κ2) is 9.90. The standard InChI is InChI=1S/C27H26FN5O5/c1-2-18-19(28)5-4-16-12-17(34)13-21(23(16)18)33-14-20-24(26(33)35)25(32-7-3-9-36-11-8-32)31-27(30-20)38-15-22-29-6-10-37-22/h4-6,10,12-13,34H,2-3,7-9,11,14-15H2,1H3. The maximum Gasteiger partial charge on any atom is 0.319 e. The number of oxazole rings is 1. The molecular weight excluding hydrogens is 493 g/mol. The van der Waals surface area contributed by atoms with Crippen LogP contribution >= 0.6 is 0 Å². The van der Waals surface area contributed by atoms with Crippen molar-refractivity contribution in [2.75, 3.05) is 36.1 Å². The molecule has 6 rings (SSSR count). The number of phenols is 1. The first-order valence-electron chi connectivity index (χ1n) is 12.5. The first-order valence-corrected chi connectivity index (χ1v) is 12.5. The number of carbonyl (C=O) groups excluding carboxylic acids is 1. The number of amides is 1. The number of rotatable bonds is 6. The zero-order chi connectivity index (χ0) is 26.2. The van der Waals surface area contributed by atoms with Crippen LogP contribution in [0.5, 0.6) is 11.8 Å². The van der Waals surface area contributed by atoms with Crippen molar-refractivity contribution in [3.8, 4) is 11.8 Å². The van der Waals surface area contributed by atoms with E-state index in [0.29, 0.717) is 77.7 Å². The second-order valence-electron chi connectivity index (χ2n) is 9.15. The number of hydrogen-bond donors (Lipinski definition) is 1. The Morgan fingerprint density at radius 2 is 2.08 bits per heavy atom. The van der Waals surface area contributed by atoms with Gasteiger partial charge in [-0.15, -0.1) is 0 Å². The lowest BCUT2D eigenvalue weighted by atomic mass is 9.99. The molecule has 4 aromatic rings. The van der Waals surface area contributed by atoms with E-state index in [1.54, 1.807) is 12.1 Å². The molecule has 1 N–H and O–H groups in total. The van der Waals surface area contributed by atoms with Gasteiger partial charge < -0.3 is 28.8 Å². The third-order valence-electron chi connectivity index (χ3n) is 6.82. The third-order valence-corrected chi connectivity index (χ3v) is 6.82. The molecule has 10 nitrogen and oxygen atoms in total. The molecule has 0 radical (unpaired) electrons. The Kier molecular flexibility index (Phi) is 6.28. The summed E-state index contributed by atoms with van der Waals surface area (Å²) in [4.78, 5) is 30.8. The molecule has 0 aliphatic carbocycles. The van der Waals surface area contributed by atoms with Crippen molar-refractivity contribution in [3.63, 3.8) is 0 Å². The molecule has 1 amide bonds. The number of aryl methyl sites for hydroxylation is 1. The van der Waals surface area contributed by atoms with Gasteiger partial charge in [-0.25, -0.2) is 9.37 Å². The number of nitrogens with zero attached hydrogens (tertiary/aromatic N) is 5. The van der Waals surface area contributed by atoms with Gasteiger partial charge in [0.1, 0.15) is 29.2 Å². The van der Waals surface area contributed by atoms with Crippen molar-refractivity contribution >= 4 is 28.2 Å². The fourth-order valence-corrected chi connectivity index (χ4v) is 5.09. The van der Waals surface area contributed by atoms with E-state index in [1.165, 1.54) is 29.5 Å². The van der Waals surface area contributed by atoms with E-state index in [1.807, 2.05) is 11.8 Å². The van der Waals surface area contributed by atoms with Gasteiger partial charge in [-0.1, -0.05) is 13.0 Å². The summed E-state index contributed by atoms with van der Waals surface area (Å²) in [5.74, 6) is 0.135. The van der Waals surface area contributed by atoms with Crippen molar-refractivity contribution in [1.29, 1.82) is 0 Å². The van der Waals surface area contributed by atoms with Crippen LogP contribution < -0.4 is 14.5 Å². The number of fused-ring (bicyclic) bond motifs is 2. The molecule has 4 heterocycles. The Morgan fingerprint density at radius 1 is 1.18 bits per heavy atom. The first kappa shape index (κ1) is 24.1. The van der Waals surface area contributed by atoms with Crippen LogP contribution in [0.15, 0.2) is 41.1 Å². The summed E-state index contributed by atoms with van der Waals surface area (Å²) in [5.41, 5.74) is 1.75. The minimum absolute atomic E-state index is 0.0177. The van der Waals surface area contributed by atoms with Crippen LogP contribution in [-0.4, -0.2) is 52.3 Å². The highest BCUT2D eigenvalue weighted by molar-refractivity contribution is 6.16. The van der Waals surface area contributed by atoms with Gasteiger partial charge >= 0.3 is 6.01 Å². The van der Waals surface area contributed by atoms with Crippen LogP contribution in [0.1, 0.15) is 40.9 Å². The summed E-state index contributed by atoms with van der Waals surface area (Å²) in [7, 11) is 0. The van der Waals surface area contributed by atoms with Crippen molar-refractivity contribution < 1.29 is 28.2 Å². The summed E-state index contributed by atoms with van der Waals surface area (Å²) in [6.45, 7) is 4.32.